The lowest BCUT2D eigenvalue weighted by Gasteiger charge is -2.20. The van der Waals surface area contributed by atoms with Gasteiger partial charge in [0.05, 0.1) is 0 Å². The maximum atomic E-state index is 13.4. The highest BCUT2D eigenvalue weighted by atomic mass is 16.6. The van der Waals surface area contributed by atoms with Crippen LogP contribution in [0.3, 0.4) is 0 Å². The Kier molecular flexibility index (Phi) is 12.7. The highest BCUT2D eigenvalue weighted by Gasteiger charge is 2.19. The molecule has 0 radical (unpaired) electrons. The van der Waals surface area contributed by atoms with Crippen LogP contribution in [-0.2, 0) is 27.4 Å². The quantitative estimate of drug-likeness (QED) is 0.0839. The summed E-state index contributed by atoms with van der Waals surface area (Å²) in [6.45, 7) is 5.75. The molecule has 4 aromatic rings. The van der Waals surface area contributed by atoms with Crippen LogP contribution in [0, 0.1) is 0 Å². The Hall–Kier alpha value is -5.37. The molecule has 4 aromatic carbocycles. The zero-order valence-corrected chi connectivity index (χ0v) is 27.2. The number of esters is 1. The topological polar surface area (TPSA) is 103 Å². The van der Waals surface area contributed by atoms with Crippen LogP contribution in [0.5, 0.6) is 11.5 Å². The molecule has 0 heterocycles. The van der Waals surface area contributed by atoms with E-state index in [4.69, 9.17) is 14.2 Å². The van der Waals surface area contributed by atoms with Crippen molar-refractivity contribution in [2.24, 2.45) is 0 Å². The number of nitrogens with one attached hydrogen (secondary N) is 2. The van der Waals surface area contributed by atoms with E-state index < -0.39 is 23.4 Å². The third-order valence-electron chi connectivity index (χ3n) is 6.83. The molecule has 0 saturated heterocycles. The molecule has 0 aromatic heterocycles. The average molecular weight is 635 g/mol. The molecule has 0 saturated carbocycles. The van der Waals surface area contributed by atoms with Gasteiger partial charge in [0.15, 0.2) is 18.1 Å². The maximum Gasteiger partial charge on any atom is 0.344 e. The third-order valence-corrected chi connectivity index (χ3v) is 6.83. The molecule has 0 unspecified atom stereocenters. The minimum absolute atomic E-state index is 0.0818. The lowest BCUT2D eigenvalue weighted by Crippen LogP contribution is -2.35. The van der Waals surface area contributed by atoms with Gasteiger partial charge in [0.25, 0.3) is 11.8 Å². The van der Waals surface area contributed by atoms with Crippen LogP contribution < -0.4 is 20.1 Å². The molecule has 47 heavy (non-hydrogen) atoms. The first-order chi connectivity index (χ1) is 22.7. The molecular formula is C39H42N2O6. The summed E-state index contributed by atoms with van der Waals surface area (Å²) in [4.78, 5) is 38.8. The van der Waals surface area contributed by atoms with Crippen molar-refractivity contribution in [2.45, 2.75) is 52.2 Å². The Morgan fingerprint density at radius 1 is 0.723 bits per heavy atom. The standard InChI is InChI=1S/C39H42N2O6/c1-39(2,3)47-36(42)28-46-34-23-22-31(26-35(34)45-27-30-18-9-5-10-19-30)25-33(41-37(43)32-20-11-6-12-21-32)38(44)40-24-14-13-17-29-15-7-4-8-16-29/h4-12,15-16,18-23,25-26H,13-14,17,24,27-28H2,1-3H3,(H,40,44)(H,41,43). The van der Waals surface area contributed by atoms with Gasteiger partial charge in [-0.15, -0.1) is 0 Å². The van der Waals surface area contributed by atoms with Crippen molar-refractivity contribution >= 4 is 23.9 Å². The second-order valence-electron chi connectivity index (χ2n) is 11.9. The number of aryl methyl sites for hydroxylation is 1. The fraction of sp³-hybridized carbons (Fsp3) is 0.256. The molecule has 8 nitrogen and oxygen atoms in total. The fourth-order valence-corrected chi connectivity index (χ4v) is 4.59. The van der Waals surface area contributed by atoms with Gasteiger partial charge >= 0.3 is 5.97 Å². The average Bonchev–Trinajstić information content (AvgIpc) is 3.07. The summed E-state index contributed by atoms with van der Waals surface area (Å²) in [5.74, 6) is -0.635. The summed E-state index contributed by atoms with van der Waals surface area (Å²) in [5, 5.41) is 5.72. The summed E-state index contributed by atoms with van der Waals surface area (Å²) in [6, 6.07) is 33.6. The molecule has 8 heteroatoms. The SMILES string of the molecule is CC(C)(C)OC(=O)COc1ccc(C=C(NC(=O)c2ccccc2)C(=O)NCCCCc2ccccc2)cc1OCc1ccccc1. The number of hydrogen-bond donors (Lipinski definition) is 2. The molecule has 0 aliphatic rings. The number of amides is 2. The van der Waals surface area contributed by atoms with Crippen molar-refractivity contribution < 1.29 is 28.6 Å². The number of unbranched alkanes of at least 4 members (excludes halogenated alkanes) is 1. The smallest absolute Gasteiger partial charge is 0.344 e. The Morgan fingerprint density at radius 2 is 1.36 bits per heavy atom. The second kappa shape index (κ2) is 17.4. The van der Waals surface area contributed by atoms with Gasteiger partial charge < -0.3 is 24.8 Å². The van der Waals surface area contributed by atoms with E-state index in [1.165, 1.54) is 5.56 Å². The Bertz CT molecular complexity index is 1630. The van der Waals surface area contributed by atoms with Gasteiger partial charge in [0, 0.05) is 12.1 Å². The molecule has 0 fully saturated rings. The van der Waals surface area contributed by atoms with E-state index in [0.717, 1.165) is 24.8 Å². The highest BCUT2D eigenvalue weighted by Crippen LogP contribution is 2.30. The lowest BCUT2D eigenvalue weighted by molar-refractivity contribution is -0.157. The minimum atomic E-state index is -0.648. The van der Waals surface area contributed by atoms with E-state index in [1.54, 1.807) is 69.3 Å². The monoisotopic (exact) mass is 634 g/mol. The number of rotatable bonds is 15. The number of benzene rings is 4. The van der Waals surface area contributed by atoms with E-state index in [-0.39, 0.29) is 18.9 Å². The van der Waals surface area contributed by atoms with Gasteiger partial charge in [-0.3, -0.25) is 9.59 Å². The third kappa shape index (κ3) is 12.2. The number of carbonyl (C=O) groups excluding carboxylic acids is 3. The van der Waals surface area contributed by atoms with Gasteiger partial charge in [-0.1, -0.05) is 84.9 Å². The zero-order chi connectivity index (χ0) is 33.5. The first-order valence-electron chi connectivity index (χ1n) is 15.7. The first kappa shape index (κ1) is 34.5. The summed E-state index contributed by atoms with van der Waals surface area (Å²) in [7, 11) is 0. The largest absolute Gasteiger partial charge is 0.485 e. The highest BCUT2D eigenvalue weighted by molar-refractivity contribution is 6.05. The first-order valence-corrected chi connectivity index (χ1v) is 15.7. The van der Waals surface area contributed by atoms with Gasteiger partial charge in [-0.2, -0.15) is 0 Å². The van der Waals surface area contributed by atoms with E-state index in [9.17, 15) is 14.4 Å². The predicted octanol–water partition coefficient (Wildman–Crippen LogP) is 6.90. The molecule has 0 aliphatic heterocycles. The minimum Gasteiger partial charge on any atom is -0.485 e. The maximum absolute atomic E-state index is 13.4. The molecule has 4 rings (SSSR count). The molecule has 0 spiro atoms. The number of carbonyl (C=O) groups is 3. The van der Waals surface area contributed by atoms with Crippen molar-refractivity contribution in [2.75, 3.05) is 13.2 Å². The molecular weight excluding hydrogens is 592 g/mol. The Balaban J connectivity index is 1.53. The number of hydrogen-bond acceptors (Lipinski definition) is 6. The molecule has 0 bridgehead atoms. The summed E-state index contributed by atoms with van der Waals surface area (Å²) in [6.07, 6.45) is 4.19. The van der Waals surface area contributed by atoms with Gasteiger partial charge in [-0.05, 0) is 87.1 Å². The predicted molar refractivity (Wildman–Crippen MR) is 183 cm³/mol. The van der Waals surface area contributed by atoms with Gasteiger partial charge in [-0.25, -0.2) is 4.79 Å². The van der Waals surface area contributed by atoms with E-state index in [1.807, 2.05) is 54.6 Å². The van der Waals surface area contributed by atoms with Crippen LogP contribution in [0.1, 0.15) is 60.7 Å². The van der Waals surface area contributed by atoms with Crippen molar-refractivity contribution in [1.82, 2.24) is 10.6 Å². The lowest BCUT2D eigenvalue weighted by atomic mass is 10.1. The van der Waals surface area contributed by atoms with Crippen LogP contribution in [-0.4, -0.2) is 36.5 Å². The number of ether oxygens (including phenoxy) is 3. The molecule has 0 atom stereocenters. The van der Waals surface area contributed by atoms with Crippen LogP contribution in [0.15, 0.2) is 115 Å². The summed E-state index contributed by atoms with van der Waals surface area (Å²) in [5.41, 5.74) is 2.63. The zero-order valence-electron chi connectivity index (χ0n) is 27.2. The van der Waals surface area contributed by atoms with E-state index in [0.29, 0.717) is 29.2 Å². The summed E-state index contributed by atoms with van der Waals surface area (Å²) < 4.78 is 17.3. The van der Waals surface area contributed by atoms with E-state index >= 15 is 0 Å². The molecule has 2 amide bonds. The van der Waals surface area contributed by atoms with Crippen LogP contribution in [0.25, 0.3) is 6.08 Å². The van der Waals surface area contributed by atoms with Crippen LogP contribution >= 0.6 is 0 Å². The second-order valence-corrected chi connectivity index (χ2v) is 11.9. The van der Waals surface area contributed by atoms with Crippen molar-refractivity contribution in [3.8, 4) is 11.5 Å². The Morgan fingerprint density at radius 3 is 2.02 bits per heavy atom. The molecule has 244 valence electrons. The van der Waals surface area contributed by atoms with Crippen LogP contribution in [0.4, 0.5) is 0 Å². The van der Waals surface area contributed by atoms with Crippen LogP contribution in [0.2, 0.25) is 0 Å². The van der Waals surface area contributed by atoms with E-state index in [2.05, 4.69) is 22.8 Å². The van der Waals surface area contributed by atoms with Gasteiger partial charge in [0.1, 0.15) is 17.9 Å². The Labute approximate surface area is 276 Å². The fourth-order valence-electron chi connectivity index (χ4n) is 4.59. The van der Waals surface area contributed by atoms with Crippen molar-refractivity contribution in [1.29, 1.82) is 0 Å². The molecule has 0 aliphatic carbocycles. The van der Waals surface area contributed by atoms with Gasteiger partial charge in [0.2, 0.25) is 0 Å². The van der Waals surface area contributed by atoms with Crippen molar-refractivity contribution in [3.63, 3.8) is 0 Å². The normalized spacial score (nSPS) is 11.3. The molecule has 2 N–H and O–H groups in total. The van der Waals surface area contributed by atoms with Crippen molar-refractivity contribution in [3.05, 3.63) is 137 Å². The summed E-state index contributed by atoms with van der Waals surface area (Å²) >= 11 is 0.